The lowest BCUT2D eigenvalue weighted by atomic mass is 10.3. The summed E-state index contributed by atoms with van der Waals surface area (Å²) in [4.78, 5) is 0. The van der Waals surface area contributed by atoms with Crippen LogP contribution >= 0.6 is 0 Å². The van der Waals surface area contributed by atoms with Gasteiger partial charge in [0, 0.05) is 19.8 Å². The summed E-state index contributed by atoms with van der Waals surface area (Å²) in [6.07, 6.45) is -1.14. The Morgan fingerprint density at radius 2 is 1.62 bits per heavy atom. The minimum Gasteiger partial charge on any atom is -0.365 e. The molecule has 1 aliphatic rings. The average molecular weight is 234 g/mol. The van der Waals surface area contributed by atoms with Crippen LogP contribution in [-0.4, -0.2) is 51.7 Å². The first-order valence-electron chi connectivity index (χ1n) is 5.91. The van der Waals surface area contributed by atoms with Crippen molar-refractivity contribution in [2.45, 2.75) is 39.5 Å². The average Bonchev–Trinajstić information content (AvgIpc) is 2.30. The van der Waals surface area contributed by atoms with Crippen LogP contribution in [0.3, 0.4) is 0 Å². The molecule has 1 rings (SSSR count). The zero-order valence-electron chi connectivity index (χ0n) is 10.3. The molecule has 0 aromatic carbocycles. The lowest BCUT2D eigenvalue weighted by molar-refractivity contribution is -0.310. The second-order valence-corrected chi connectivity index (χ2v) is 3.31. The summed E-state index contributed by atoms with van der Waals surface area (Å²) in [6, 6.07) is 0. The maximum atomic E-state index is 5.61. The van der Waals surface area contributed by atoms with Crippen LogP contribution in [0.25, 0.3) is 0 Å². The normalized spacial score (nSPS) is 26.2. The van der Waals surface area contributed by atoms with E-state index in [9.17, 15) is 0 Å². The van der Waals surface area contributed by atoms with Crippen molar-refractivity contribution in [3.63, 3.8) is 0 Å². The van der Waals surface area contributed by atoms with E-state index in [2.05, 4.69) is 0 Å². The fourth-order valence-corrected chi connectivity index (χ4v) is 1.60. The van der Waals surface area contributed by atoms with Gasteiger partial charge in [0.05, 0.1) is 13.2 Å². The molecule has 5 heteroatoms. The van der Waals surface area contributed by atoms with Crippen molar-refractivity contribution in [2.24, 2.45) is 0 Å². The second-order valence-electron chi connectivity index (χ2n) is 3.31. The van der Waals surface area contributed by atoms with Crippen LogP contribution in [0, 0.1) is 0 Å². The molecule has 0 aliphatic carbocycles. The predicted octanol–water partition coefficient (Wildman–Crippen LogP) is 1.16. The molecule has 0 bridgehead atoms. The standard InChI is InChI=1S/C11H22O5/c1-4-12-10(13-5-2)9-11(14-6-3)16-8-7-15-9/h9-11H,4-8H2,1-3H3. The summed E-state index contributed by atoms with van der Waals surface area (Å²) < 4.78 is 27.6. The van der Waals surface area contributed by atoms with Crippen LogP contribution in [0.1, 0.15) is 20.8 Å². The lowest BCUT2D eigenvalue weighted by Crippen LogP contribution is -2.49. The molecule has 0 spiro atoms. The fraction of sp³-hybridized carbons (Fsp3) is 1.00. The van der Waals surface area contributed by atoms with Crippen molar-refractivity contribution in [3.05, 3.63) is 0 Å². The van der Waals surface area contributed by atoms with Crippen LogP contribution in [-0.2, 0) is 23.7 Å². The van der Waals surface area contributed by atoms with Crippen LogP contribution < -0.4 is 0 Å². The SMILES string of the molecule is CCOC(OCC)C1OCCOC1OCC. The van der Waals surface area contributed by atoms with E-state index in [-0.39, 0.29) is 6.10 Å². The molecule has 0 aromatic heterocycles. The van der Waals surface area contributed by atoms with Gasteiger partial charge in [0.1, 0.15) is 0 Å². The molecular weight excluding hydrogens is 212 g/mol. The molecule has 0 N–H and O–H groups in total. The molecule has 0 radical (unpaired) electrons. The van der Waals surface area contributed by atoms with Crippen LogP contribution in [0.4, 0.5) is 0 Å². The lowest BCUT2D eigenvalue weighted by Gasteiger charge is -2.35. The Hall–Kier alpha value is -0.200. The maximum absolute atomic E-state index is 5.61. The number of rotatable bonds is 7. The zero-order valence-corrected chi connectivity index (χ0v) is 10.3. The van der Waals surface area contributed by atoms with E-state index >= 15 is 0 Å². The summed E-state index contributed by atoms with van der Waals surface area (Å²) in [5.74, 6) is 0. The third kappa shape index (κ3) is 3.99. The molecular formula is C11H22O5. The van der Waals surface area contributed by atoms with Crippen molar-refractivity contribution in [3.8, 4) is 0 Å². The first-order chi connectivity index (χ1) is 7.83. The quantitative estimate of drug-likeness (QED) is 0.619. The summed E-state index contributed by atoms with van der Waals surface area (Å²) in [6.45, 7) is 8.58. The van der Waals surface area contributed by atoms with E-state index < -0.39 is 12.6 Å². The summed E-state index contributed by atoms with van der Waals surface area (Å²) in [5.41, 5.74) is 0. The molecule has 0 aromatic rings. The van der Waals surface area contributed by atoms with Gasteiger partial charge in [0.2, 0.25) is 0 Å². The highest BCUT2D eigenvalue weighted by Crippen LogP contribution is 2.18. The van der Waals surface area contributed by atoms with E-state index in [0.717, 1.165) is 0 Å². The third-order valence-electron chi connectivity index (χ3n) is 2.21. The molecule has 1 aliphatic heterocycles. The fourth-order valence-electron chi connectivity index (χ4n) is 1.60. The topological polar surface area (TPSA) is 46.2 Å². The van der Waals surface area contributed by atoms with E-state index in [1.54, 1.807) is 0 Å². The minimum atomic E-state index is -0.424. The van der Waals surface area contributed by atoms with Crippen LogP contribution in [0.2, 0.25) is 0 Å². The molecule has 0 amide bonds. The molecule has 16 heavy (non-hydrogen) atoms. The zero-order chi connectivity index (χ0) is 11.8. The third-order valence-corrected chi connectivity index (χ3v) is 2.21. The van der Waals surface area contributed by atoms with Gasteiger partial charge in [-0.3, -0.25) is 0 Å². The maximum Gasteiger partial charge on any atom is 0.188 e. The van der Waals surface area contributed by atoms with Gasteiger partial charge < -0.3 is 23.7 Å². The predicted molar refractivity (Wildman–Crippen MR) is 58.1 cm³/mol. The molecule has 96 valence electrons. The number of ether oxygens (including phenoxy) is 5. The molecule has 5 nitrogen and oxygen atoms in total. The van der Waals surface area contributed by atoms with Crippen LogP contribution in [0.5, 0.6) is 0 Å². The van der Waals surface area contributed by atoms with Gasteiger partial charge in [-0.2, -0.15) is 0 Å². The van der Waals surface area contributed by atoms with E-state index in [1.807, 2.05) is 20.8 Å². The van der Waals surface area contributed by atoms with Gasteiger partial charge in [-0.25, -0.2) is 0 Å². The molecule has 2 atom stereocenters. The van der Waals surface area contributed by atoms with Gasteiger partial charge in [-0.1, -0.05) is 0 Å². The Labute approximate surface area is 97.0 Å². The molecule has 1 saturated heterocycles. The first kappa shape index (κ1) is 13.9. The molecule has 0 saturated carbocycles. The highest BCUT2D eigenvalue weighted by Gasteiger charge is 2.35. The van der Waals surface area contributed by atoms with Crippen molar-refractivity contribution >= 4 is 0 Å². The van der Waals surface area contributed by atoms with Crippen molar-refractivity contribution in [1.29, 1.82) is 0 Å². The highest BCUT2D eigenvalue weighted by molar-refractivity contribution is 4.71. The molecule has 2 unspecified atom stereocenters. The number of hydrogen-bond acceptors (Lipinski definition) is 5. The van der Waals surface area contributed by atoms with Crippen molar-refractivity contribution < 1.29 is 23.7 Å². The Morgan fingerprint density at radius 3 is 2.19 bits per heavy atom. The van der Waals surface area contributed by atoms with Gasteiger partial charge in [-0.15, -0.1) is 0 Å². The van der Waals surface area contributed by atoms with Crippen molar-refractivity contribution in [2.75, 3.05) is 33.0 Å². The summed E-state index contributed by atoms with van der Waals surface area (Å²) in [5, 5.41) is 0. The van der Waals surface area contributed by atoms with Gasteiger partial charge in [0.15, 0.2) is 18.7 Å². The van der Waals surface area contributed by atoms with Gasteiger partial charge in [-0.05, 0) is 20.8 Å². The smallest absolute Gasteiger partial charge is 0.188 e. The second kappa shape index (κ2) is 7.97. The van der Waals surface area contributed by atoms with Gasteiger partial charge >= 0.3 is 0 Å². The van der Waals surface area contributed by atoms with E-state index in [4.69, 9.17) is 23.7 Å². The van der Waals surface area contributed by atoms with E-state index in [1.165, 1.54) is 0 Å². The summed E-state index contributed by atoms with van der Waals surface area (Å²) in [7, 11) is 0. The largest absolute Gasteiger partial charge is 0.365 e. The van der Waals surface area contributed by atoms with E-state index in [0.29, 0.717) is 33.0 Å². The Bertz CT molecular complexity index is 168. The first-order valence-corrected chi connectivity index (χ1v) is 5.91. The van der Waals surface area contributed by atoms with Gasteiger partial charge in [0.25, 0.3) is 0 Å². The monoisotopic (exact) mass is 234 g/mol. The summed E-state index contributed by atoms with van der Waals surface area (Å²) >= 11 is 0. The molecule has 1 fully saturated rings. The Balaban J connectivity index is 2.54. The highest BCUT2D eigenvalue weighted by atomic mass is 16.7. The number of hydrogen-bond donors (Lipinski definition) is 0. The Morgan fingerprint density at radius 1 is 1.00 bits per heavy atom. The van der Waals surface area contributed by atoms with Crippen LogP contribution in [0.15, 0.2) is 0 Å². The Kier molecular flexibility index (Phi) is 6.91. The van der Waals surface area contributed by atoms with Crippen molar-refractivity contribution in [1.82, 2.24) is 0 Å². The minimum absolute atomic E-state index is 0.311. The molecule has 1 heterocycles.